The van der Waals surface area contributed by atoms with Crippen LogP contribution in [0.15, 0.2) is 97.1 Å². The quantitative estimate of drug-likeness (QED) is 0.180. The Morgan fingerprint density at radius 2 is 1.33 bits per heavy atom. The fourth-order valence-corrected chi connectivity index (χ4v) is 5.58. The first-order valence-corrected chi connectivity index (χ1v) is 13.4. The van der Waals surface area contributed by atoms with Crippen molar-refractivity contribution in [1.82, 2.24) is 5.32 Å². The van der Waals surface area contributed by atoms with Crippen LogP contribution in [0.1, 0.15) is 28.2 Å². The van der Waals surface area contributed by atoms with Crippen LogP contribution in [0, 0.1) is 5.82 Å². The minimum atomic E-state index is -4.95. The lowest BCUT2D eigenvalue weighted by molar-refractivity contribution is -0.275. The highest BCUT2D eigenvalue weighted by molar-refractivity contribution is 5.58. The molecule has 11 heteroatoms. The average molecular weight is 605 g/mol. The maximum absolute atomic E-state index is 14.0. The van der Waals surface area contributed by atoms with Gasteiger partial charge in [-0.25, -0.2) is 4.39 Å². The number of nitrogens with one attached hydrogen (secondary N) is 2. The molecule has 2 N–H and O–H groups in total. The summed E-state index contributed by atoms with van der Waals surface area (Å²) < 4.78 is 102. The van der Waals surface area contributed by atoms with E-state index in [1.807, 2.05) is 18.2 Å². The van der Waals surface area contributed by atoms with Gasteiger partial charge in [-0.1, -0.05) is 54.6 Å². The summed E-state index contributed by atoms with van der Waals surface area (Å²) in [6.07, 6.45) is -9.69. The predicted octanol–water partition coefficient (Wildman–Crippen LogP) is 7.95. The number of halogens is 7. The lowest BCUT2D eigenvalue weighted by Gasteiger charge is -2.37. The van der Waals surface area contributed by atoms with Crippen molar-refractivity contribution < 1.29 is 40.2 Å². The van der Waals surface area contributed by atoms with Gasteiger partial charge >= 0.3 is 12.7 Å². The van der Waals surface area contributed by atoms with Gasteiger partial charge in [-0.3, -0.25) is 0 Å². The van der Waals surface area contributed by atoms with E-state index in [9.17, 15) is 30.7 Å². The maximum atomic E-state index is 14.0. The molecule has 0 fully saturated rings. The van der Waals surface area contributed by atoms with Gasteiger partial charge in [0, 0.05) is 36.7 Å². The van der Waals surface area contributed by atoms with Crippen LogP contribution < -0.4 is 20.1 Å². The highest BCUT2D eigenvalue weighted by atomic mass is 19.4. The second-order valence-electron chi connectivity index (χ2n) is 10.3. The normalized spacial score (nSPS) is 15.1. The van der Waals surface area contributed by atoms with Crippen molar-refractivity contribution in [2.75, 3.05) is 25.0 Å². The van der Waals surface area contributed by atoms with Crippen molar-refractivity contribution in [2.24, 2.45) is 0 Å². The minimum absolute atomic E-state index is 0.105. The van der Waals surface area contributed by atoms with Crippen molar-refractivity contribution in [3.63, 3.8) is 0 Å². The summed E-state index contributed by atoms with van der Waals surface area (Å²) in [7, 11) is 0. The van der Waals surface area contributed by atoms with E-state index in [0.29, 0.717) is 24.2 Å². The minimum Gasteiger partial charge on any atom is -0.406 e. The van der Waals surface area contributed by atoms with Gasteiger partial charge in [0.25, 0.3) is 0 Å². The van der Waals surface area contributed by atoms with Gasteiger partial charge < -0.3 is 20.1 Å². The zero-order valence-electron chi connectivity index (χ0n) is 22.6. The Kier molecular flexibility index (Phi) is 8.55. The Bertz CT molecular complexity index is 1480. The van der Waals surface area contributed by atoms with Gasteiger partial charge in [-0.15, -0.1) is 26.3 Å². The van der Waals surface area contributed by atoms with E-state index in [1.165, 1.54) is 36.4 Å². The third-order valence-electron chi connectivity index (χ3n) is 7.40. The van der Waals surface area contributed by atoms with Gasteiger partial charge in [-0.05, 0) is 71.1 Å². The van der Waals surface area contributed by atoms with E-state index < -0.39 is 29.6 Å². The summed E-state index contributed by atoms with van der Waals surface area (Å²) in [5, 5.41) is 6.63. The lowest BCUT2D eigenvalue weighted by Crippen LogP contribution is -2.42. The molecule has 0 amide bonds. The van der Waals surface area contributed by atoms with Gasteiger partial charge in [0.1, 0.15) is 17.3 Å². The van der Waals surface area contributed by atoms with Crippen molar-refractivity contribution in [2.45, 2.75) is 30.5 Å². The van der Waals surface area contributed by atoms with Crippen LogP contribution in [-0.2, 0) is 11.8 Å². The summed E-state index contributed by atoms with van der Waals surface area (Å²) >= 11 is 0. The first-order valence-electron chi connectivity index (χ1n) is 13.4. The fourth-order valence-electron chi connectivity index (χ4n) is 5.58. The molecule has 5 rings (SSSR count). The van der Waals surface area contributed by atoms with Crippen LogP contribution in [-0.4, -0.2) is 32.4 Å². The molecular formula is C32H27F7N2O2. The molecule has 0 bridgehead atoms. The molecule has 4 aromatic rings. The van der Waals surface area contributed by atoms with Crippen LogP contribution in [0.3, 0.4) is 0 Å². The maximum Gasteiger partial charge on any atom is 0.573 e. The number of alkyl halides is 6. The first kappa shape index (κ1) is 30.2. The van der Waals surface area contributed by atoms with E-state index in [2.05, 4.69) is 20.1 Å². The van der Waals surface area contributed by atoms with E-state index in [0.717, 1.165) is 28.9 Å². The standard InChI is InChI=1S/C32H27F7N2O2/c33-25-12-13-29-28(16-25)22(19-41-29)18-40-20-30(17-21-6-2-1-3-7-21,23-8-4-10-26(14-23)42-31(34,35)36)24-9-5-11-27(15-24)43-32(37,38)39/h1-16,22,40-41H,17-20H2. The molecule has 1 atom stereocenters. The lowest BCUT2D eigenvalue weighted by atomic mass is 9.70. The highest BCUT2D eigenvalue weighted by Crippen LogP contribution is 2.40. The molecule has 0 aliphatic carbocycles. The van der Waals surface area contributed by atoms with Gasteiger partial charge in [0.05, 0.1) is 0 Å². The van der Waals surface area contributed by atoms with Crippen molar-refractivity contribution in [3.8, 4) is 11.5 Å². The van der Waals surface area contributed by atoms with Gasteiger partial charge in [0.15, 0.2) is 0 Å². The predicted molar refractivity (Wildman–Crippen MR) is 148 cm³/mol. The smallest absolute Gasteiger partial charge is 0.406 e. The molecule has 1 aliphatic heterocycles. The van der Waals surface area contributed by atoms with Crippen LogP contribution in [0.25, 0.3) is 0 Å². The molecule has 0 saturated heterocycles. The van der Waals surface area contributed by atoms with E-state index in [-0.39, 0.29) is 24.7 Å². The number of hydrogen-bond acceptors (Lipinski definition) is 4. The summed E-state index contributed by atoms with van der Waals surface area (Å²) in [4.78, 5) is 0. The zero-order chi connectivity index (χ0) is 30.7. The molecule has 0 radical (unpaired) electrons. The van der Waals surface area contributed by atoms with Crippen LogP contribution in [0.2, 0.25) is 0 Å². The molecule has 0 spiro atoms. The second-order valence-corrected chi connectivity index (χ2v) is 10.3. The SMILES string of the molecule is Fc1ccc2c(c1)C(CNCC(Cc1ccccc1)(c1cccc(OC(F)(F)F)c1)c1cccc(OC(F)(F)F)c1)CN2. The van der Waals surface area contributed by atoms with Crippen molar-refractivity contribution >= 4 is 5.69 Å². The molecule has 43 heavy (non-hydrogen) atoms. The summed E-state index contributed by atoms with van der Waals surface area (Å²) in [5.74, 6) is -1.43. The van der Waals surface area contributed by atoms with Crippen LogP contribution in [0.4, 0.5) is 36.4 Å². The Balaban J connectivity index is 1.58. The third-order valence-corrected chi connectivity index (χ3v) is 7.40. The van der Waals surface area contributed by atoms with Gasteiger partial charge in [0.2, 0.25) is 0 Å². The van der Waals surface area contributed by atoms with Gasteiger partial charge in [-0.2, -0.15) is 0 Å². The largest absolute Gasteiger partial charge is 0.573 e. The average Bonchev–Trinajstić information content (AvgIpc) is 3.33. The topological polar surface area (TPSA) is 42.5 Å². The Hall–Kier alpha value is -4.25. The Morgan fingerprint density at radius 3 is 1.91 bits per heavy atom. The number of anilines is 1. The first-order chi connectivity index (χ1) is 20.4. The number of fused-ring (bicyclic) bond motifs is 1. The molecule has 0 saturated carbocycles. The monoisotopic (exact) mass is 604 g/mol. The van der Waals surface area contributed by atoms with Crippen molar-refractivity contribution in [1.29, 1.82) is 0 Å². The molecular weight excluding hydrogens is 577 g/mol. The number of benzene rings is 4. The fraction of sp³-hybridized carbons (Fsp3) is 0.250. The molecule has 1 aliphatic rings. The molecule has 1 heterocycles. The zero-order valence-corrected chi connectivity index (χ0v) is 22.6. The summed E-state index contributed by atoms with van der Waals surface area (Å²) in [6, 6.07) is 24.4. The van der Waals surface area contributed by atoms with Crippen LogP contribution >= 0.6 is 0 Å². The highest BCUT2D eigenvalue weighted by Gasteiger charge is 2.38. The molecule has 4 nitrogen and oxygen atoms in total. The second kappa shape index (κ2) is 12.2. The number of hydrogen-bond donors (Lipinski definition) is 2. The van der Waals surface area contributed by atoms with Crippen LogP contribution in [0.5, 0.6) is 11.5 Å². The summed E-state index contributed by atoms with van der Waals surface area (Å²) in [5.41, 5.74) is 1.95. The van der Waals surface area contributed by atoms with E-state index >= 15 is 0 Å². The van der Waals surface area contributed by atoms with E-state index in [1.54, 1.807) is 30.3 Å². The molecule has 0 aromatic heterocycles. The number of rotatable bonds is 10. The summed E-state index contributed by atoms with van der Waals surface area (Å²) in [6.45, 7) is 0.993. The van der Waals surface area contributed by atoms with E-state index in [4.69, 9.17) is 0 Å². The Morgan fingerprint density at radius 1 is 0.721 bits per heavy atom. The molecule has 4 aromatic carbocycles. The number of ether oxygens (including phenoxy) is 2. The molecule has 226 valence electrons. The molecule has 1 unspecified atom stereocenters. The Labute approximate surface area is 243 Å². The van der Waals surface area contributed by atoms with Crippen molar-refractivity contribution in [3.05, 3.63) is 125 Å². The third kappa shape index (κ3) is 7.59.